The SMILES string of the molecule is COc1cc(CN2CCC(Nc3ccnc(N(C)C)n3)C2)cc(OC)c1. The fourth-order valence-electron chi connectivity index (χ4n) is 3.16. The number of benzene rings is 1. The van der Waals surface area contributed by atoms with E-state index in [2.05, 4.69) is 32.3 Å². The zero-order valence-corrected chi connectivity index (χ0v) is 15.9. The average molecular weight is 357 g/mol. The first-order chi connectivity index (χ1) is 12.6. The minimum atomic E-state index is 0.382. The van der Waals surface area contributed by atoms with Gasteiger partial charge in [-0.25, -0.2) is 4.98 Å². The number of hydrogen-bond acceptors (Lipinski definition) is 7. The molecule has 1 fully saturated rings. The van der Waals surface area contributed by atoms with Crippen LogP contribution < -0.4 is 19.7 Å². The van der Waals surface area contributed by atoms with E-state index in [1.165, 1.54) is 5.56 Å². The van der Waals surface area contributed by atoms with Crippen LogP contribution in [0.4, 0.5) is 11.8 Å². The Bertz CT molecular complexity index is 715. The molecule has 3 rings (SSSR count). The van der Waals surface area contributed by atoms with Crippen molar-refractivity contribution >= 4 is 11.8 Å². The molecule has 1 N–H and O–H groups in total. The molecule has 0 spiro atoms. The third kappa shape index (κ3) is 4.54. The Morgan fingerprint density at radius 3 is 2.58 bits per heavy atom. The van der Waals surface area contributed by atoms with E-state index < -0.39 is 0 Å². The Kier molecular flexibility index (Phi) is 5.78. The van der Waals surface area contributed by atoms with Gasteiger partial charge in [0.1, 0.15) is 17.3 Å². The van der Waals surface area contributed by atoms with Crippen LogP contribution >= 0.6 is 0 Å². The van der Waals surface area contributed by atoms with Crippen molar-refractivity contribution in [3.8, 4) is 11.5 Å². The van der Waals surface area contributed by atoms with E-state index in [4.69, 9.17) is 9.47 Å². The Balaban J connectivity index is 1.60. The zero-order chi connectivity index (χ0) is 18.5. The molecule has 1 aliphatic rings. The highest BCUT2D eigenvalue weighted by molar-refractivity contribution is 5.41. The third-order valence-corrected chi connectivity index (χ3v) is 4.48. The molecular weight excluding hydrogens is 330 g/mol. The summed E-state index contributed by atoms with van der Waals surface area (Å²) < 4.78 is 10.7. The smallest absolute Gasteiger partial charge is 0.226 e. The number of ether oxygens (including phenoxy) is 2. The second kappa shape index (κ2) is 8.23. The number of nitrogens with zero attached hydrogens (tertiary/aromatic N) is 4. The molecule has 0 bridgehead atoms. The van der Waals surface area contributed by atoms with Gasteiger partial charge in [0.2, 0.25) is 5.95 Å². The molecule has 2 heterocycles. The summed E-state index contributed by atoms with van der Waals surface area (Å²) in [5.41, 5.74) is 1.19. The molecule has 0 saturated carbocycles. The van der Waals surface area contributed by atoms with Gasteiger partial charge in [0.05, 0.1) is 14.2 Å². The van der Waals surface area contributed by atoms with Crippen LogP contribution in [0, 0.1) is 0 Å². The van der Waals surface area contributed by atoms with Gasteiger partial charge in [0.15, 0.2) is 0 Å². The first-order valence-corrected chi connectivity index (χ1v) is 8.78. The minimum absolute atomic E-state index is 0.382. The summed E-state index contributed by atoms with van der Waals surface area (Å²) >= 11 is 0. The van der Waals surface area contributed by atoms with Gasteiger partial charge in [-0.1, -0.05) is 0 Å². The molecule has 7 nitrogen and oxygen atoms in total. The van der Waals surface area contributed by atoms with Crippen molar-refractivity contribution in [1.82, 2.24) is 14.9 Å². The summed E-state index contributed by atoms with van der Waals surface area (Å²) in [5.74, 6) is 3.24. The summed E-state index contributed by atoms with van der Waals surface area (Å²) in [4.78, 5) is 13.1. The molecule has 140 valence electrons. The fourth-order valence-corrected chi connectivity index (χ4v) is 3.16. The maximum absolute atomic E-state index is 5.36. The molecule has 26 heavy (non-hydrogen) atoms. The highest BCUT2D eigenvalue weighted by Gasteiger charge is 2.23. The van der Waals surface area contributed by atoms with Gasteiger partial charge in [-0.05, 0) is 30.2 Å². The molecule has 1 unspecified atom stereocenters. The van der Waals surface area contributed by atoms with E-state index in [1.54, 1.807) is 20.4 Å². The first kappa shape index (κ1) is 18.3. The second-order valence-corrected chi connectivity index (χ2v) is 6.72. The predicted molar refractivity (Wildman–Crippen MR) is 103 cm³/mol. The van der Waals surface area contributed by atoms with Crippen LogP contribution in [-0.2, 0) is 6.54 Å². The standard InChI is InChI=1S/C19H27N5O2/c1-23(2)19-20-7-5-18(22-19)21-15-6-8-24(13-15)12-14-9-16(25-3)11-17(10-14)26-4/h5,7,9-11,15H,6,8,12-13H2,1-4H3,(H,20,21,22). The lowest BCUT2D eigenvalue weighted by molar-refractivity contribution is 0.326. The summed E-state index contributed by atoms with van der Waals surface area (Å²) in [6, 6.07) is 8.33. The lowest BCUT2D eigenvalue weighted by atomic mass is 10.2. The maximum Gasteiger partial charge on any atom is 0.226 e. The highest BCUT2D eigenvalue weighted by atomic mass is 16.5. The van der Waals surface area contributed by atoms with Crippen LogP contribution in [0.1, 0.15) is 12.0 Å². The van der Waals surface area contributed by atoms with E-state index in [1.807, 2.05) is 31.1 Å². The number of anilines is 2. The van der Waals surface area contributed by atoms with Gasteiger partial charge in [-0.15, -0.1) is 0 Å². The summed E-state index contributed by atoms with van der Waals surface area (Å²) in [6.45, 7) is 2.89. The van der Waals surface area contributed by atoms with E-state index in [0.717, 1.165) is 43.4 Å². The van der Waals surface area contributed by atoms with Gasteiger partial charge in [0, 0.05) is 52.0 Å². The fraction of sp³-hybridized carbons (Fsp3) is 0.474. The van der Waals surface area contributed by atoms with Gasteiger partial charge in [0.25, 0.3) is 0 Å². The van der Waals surface area contributed by atoms with Gasteiger partial charge in [-0.3, -0.25) is 4.90 Å². The Morgan fingerprint density at radius 1 is 1.19 bits per heavy atom. The largest absolute Gasteiger partial charge is 0.497 e. The normalized spacial score (nSPS) is 17.2. The summed E-state index contributed by atoms with van der Waals surface area (Å²) in [6.07, 6.45) is 2.88. The van der Waals surface area contributed by atoms with E-state index >= 15 is 0 Å². The Morgan fingerprint density at radius 2 is 1.92 bits per heavy atom. The molecular formula is C19H27N5O2. The van der Waals surface area contributed by atoms with Crippen molar-refractivity contribution in [2.24, 2.45) is 0 Å². The number of rotatable bonds is 7. The van der Waals surface area contributed by atoms with Gasteiger partial charge >= 0.3 is 0 Å². The number of methoxy groups -OCH3 is 2. The second-order valence-electron chi connectivity index (χ2n) is 6.72. The Labute approximate surface area is 155 Å². The molecule has 2 aromatic rings. The van der Waals surface area contributed by atoms with E-state index in [-0.39, 0.29) is 0 Å². The van der Waals surface area contributed by atoms with Gasteiger partial charge < -0.3 is 19.7 Å². The maximum atomic E-state index is 5.36. The highest BCUT2D eigenvalue weighted by Crippen LogP contribution is 2.25. The monoisotopic (exact) mass is 357 g/mol. The van der Waals surface area contributed by atoms with Crippen LogP contribution in [0.2, 0.25) is 0 Å². The predicted octanol–water partition coefficient (Wildman–Crippen LogP) is 2.25. The lowest BCUT2D eigenvalue weighted by Gasteiger charge is -2.18. The molecule has 0 aliphatic carbocycles. The topological polar surface area (TPSA) is 62.8 Å². The molecule has 1 saturated heterocycles. The quantitative estimate of drug-likeness (QED) is 0.815. The van der Waals surface area contributed by atoms with Crippen LogP contribution in [0.3, 0.4) is 0 Å². The van der Waals surface area contributed by atoms with Crippen molar-refractivity contribution in [3.63, 3.8) is 0 Å². The van der Waals surface area contributed by atoms with Crippen LogP contribution in [-0.4, -0.2) is 62.3 Å². The molecule has 0 amide bonds. The van der Waals surface area contributed by atoms with Crippen molar-refractivity contribution in [1.29, 1.82) is 0 Å². The Hall–Kier alpha value is -2.54. The van der Waals surface area contributed by atoms with Crippen LogP contribution in [0.5, 0.6) is 11.5 Å². The van der Waals surface area contributed by atoms with Crippen molar-refractivity contribution in [2.75, 3.05) is 51.6 Å². The zero-order valence-electron chi connectivity index (χ0n) is 15.9. The molecule has 1 aromatic heterocycles. The first-order valence-electron chi connectivity index (χ1n) is 8.78. The third-order valence-electron chi connectivity index (χ3n) is 4.48. The van der Waals surface area contributed by atoms with Crippen molar-refractivity contribution < 1.29 is 9.47 Å². The van der Waals surface area contributed by atoms with E-state index in [9.17, 15) is 0 Å². The molecule has 1 aliphatic heterocycles. The number of aromatic nitrogens is 2. The average Bonchev–Trinajstić information content (AvgIpc) is 3.08. The molecule has 7 heteroatoms. The molecule has 1 atom stereocenters. The number of likely N-dealkylation sites (tertiary alicyclic amines) is 1. The number of nitrogens with one attached hydrogen (secondary N) is 1. The minimum Gasteiger partial charge on any atom is -0.497 e. The van der Waals surface area contributed by atoms with Crippen molar-refractivity contribution in [3.05, 3.63) is 36.0 Å². The summed E-state index contributed by atoms with van der Waals surface area (Å²) in [5, 5.41) is 3.53. The lowest BCUT2D eigenvalue weighted by Crippen LogP contribution is -2.26. The van der Waals surface area contributed by atoms with Gasteiger partial charge in [-0.2, -0.15) is 4.98 Å². The summed E-state index contributed by atoms with van der Waals surface area (Å²) in [7, 11) is 7.24. The van der Waals surface area contributed by atoms with Crippen molar-refractivity contribution in [2.45, 2.75) is 19.0 Å². The molecule has 1 aromatic carbocycles. The number of hydrogen-bond donors (Lipinski definition) is 1. The van der Waals surface area contributed by atoms with Crippen LogP contribution in [0.15, 0.2) is 30.5 Å². The van der Waals surface area contributed by atoms with Crippen LogP contribution in [0.25, 0.3) is 0 Å². The molecule has 0 radical (unpaired) electrons. The van der Waals surface area contributed by atoms with E-state index in [0.29, 0.717) is 12.0 Å².